The zero-order valence-corrected chi connectivity index (χ0v) is 10.5. The number of halogens is 3. The third-order valence-corrected chi connectivity index (χ3v) is 2.51. The van der Waals surface area contributed by atoms with E-state index in [1.165, 1.54) is 0 Å². The molecule has 1 rings (SSSR count). The molecule has 2 N–H and O–H groups in total. The highest BCUT2D eigenvalue weighted by atomic mass is 19.4. The van der Waals surface area contributed by atoms with Crippen molar-refractivity contribution in [3.05, 3.63) is 33.9 Å². The van der Waals surface area contributed by atoms with Crippen molar-refractivity contribution in [1.82, 2.24) is 0 Å². The Morgan fingerprint density at radius 1 is 1.38 bits per heavy atom. The van der Waals surface area contributed by atoms with E-state index in [4.69, 9.17) is 10.2 Å². The van der Waals surface area contributed by atoms with Gasteiger partial charge in [-0.15, -0.1) is 0 Å². The molecule has 0 saturated heterocycles. The maximum absolute atomic E-state index is 12.4. The van der Waals surface area contributed by atoms with Gasteiger partial charge in [-0.3, -0.25) is 10.1 Å². The van der Waals surface area contributed by atoms with Gasteiger partial charge in [-0.2, -0.15) is 13.2 Å². The number of carbonyl (C=O) groups is 1. The Hall–Kier alpha value is -2.36. The van der Waals surface area contributed by atoms with Crippen LogP contribution in [0.1, 0.15) is 10.4 Å². The summed E-state index contributed by atoms with van der Waals surface area (Å²) in [6.07, 6.45) is -4.57. The predicted molar refractivity (Wildman–Crippen MR) is 65.4 cm³/mol. The van der Waals surface area contributed by atoms with Crippen LogP contribution < -0.4 is 4.90 Å². The fourth-order valence-electron chi connectivity index (χ4n) is 1.69. The van der Waals surface area contributed by atoms with E-state index < -0.39 is 48.0 Å². The molecule has 7 nitrogen and oxygen atoms in total. The maximum atomic E-state index is 12.4. The summed E-state index contributed by atoms with van der Waals surface area (Å²) in [5, 5.41) is 28.3. The minimum atomic E-state index is -4.57. The Bertz CT molecular complexity index is 547. The number of aliphatic hydroxyl groups is 1. The van der Waals surface area contributed by atoms with Crippen LogP contribution in [0, 0.1) is 10.1 Å². The number of benzene rings is 1. The molecule has 0 aromatic heterocycles. The van der Waals surface area contributed by atoms with Gasteiger partial charge in [0.2, 0.25) is 0 Å². The summed E-state index contributed by atoms with van der Waals surface area (Å²) >= 11 is 0. The Kier molecular flexibility index (Phi) is 5.08. The quantitative estimate of drug-likeness (QED) is 0.612. The average Bonchev–Trinajstić information content (AvgIpc) is 2.35. The first-order valence-electron chi connectivity index (χ1n) is 5.60. The largest absolute Gasteiger partial charge is 0.477 e. The summed E-state index contributed by atoms with van der Waals surface area (Å²) in [7, 11) is 0. The van der Waals surface area contributed by atoms with E-state index in [2.05, 4.69) is 0 Å². The Morgan fingerprint density at radius 3 is 2.43 bits per heavy atom. The molecule has 0 spiro atoms. The molecule has 116 valence electrons. The lowest BCUT2D eigenvalue weighted by Crippen LogP contribution is -2.36. The molecule has 0 aliphatic carbocycles. The monoisotopic (exact) mass is 308 g/mol. The van der Waals surface area contributed by atoms with Crippen molar-refractivity contribution in [2.75, 3.05) is 24.6 Å². The number of carboxylic acid groups (broad SMARTS) is 1. The highest BCUT2D eigenvalue weighted by molar-refractivity contribution is 5.93. The Labute approximate surface area is 116 Å². The summed E-state index contributed by atoms with van der Waals surface area (Å²) in [6, 6.07) is 2.60. The van der Waals surface area contributed by atoms with Gasteiger partial charge in [-0.25, -0.2) is 4.79 Å². The van der Waals surface area contributed by atoms with Gasteiger partial charge in [-0.1, -0.05) is 0 Å². The first-order chi connectivity index (χ1) is 9.65. The third-order valence-electron chi connectivity index (χ3n) is 2.51. The van der Waals surface area contributed by atoms with Crippen LogP contribution in [0.5, 0.6) is 0 Å². The first-order valence-corrected chi connectivity index (χ1v) is 5.60. The summed E-state index contributed by atoms with van der Waals surface area (Å²) < 4.78 is 37.3. The van der Waals surface area contributed by atoms with Gasteiger partial charge >= 0.3 is 12.1 Å². The summed E-state index contributed by atoms with van der Waals surface area (Å²) in [5.41, 5.74) is -1.62. The van der Waals surface area contributed by atoms with Crippen LogP contribution >= 0.6 is 0 Å². The van der Waals surface area contributed by atoms with Gasteiger partial charge in [0.25, 0.3) is 5.69 Å². The minimum Gasteiger partial charge on any atom is -0.477 e. The van der Waals surface area contributed by atoms with Crippen molar-refractivity contribution in [3.8, 4) is 0 Å². The van der Waals surface area contributed by atoms with Crippen LogP contribution in [0.2, 0.25) is 0 Å². The number of nitro groups is 1. The number of hydrogen-bond donors (Lipinski definition) is 2. The van der Waals surface area contributed by atoms with Crippen molar-refractivity contribution in [1.29, 1.82) is 0 Å². The summed E-state index contributed by atoms with van der Waals surface area (Å²) in [5.74, 6) is -1.63. The average molecular weight is 308 g/mol. The van der Waals surface area contributed by atoms with Gasteiger partial charge in [0.15, 0.2) is 0 Å². The molecule has 0 aliphatic rings. The zero-order valence-electron chi connectivity index (χ0n) is 10.5. The number of aliphatic hydroxyl groups excluding tert-OH is 1. The van der Waals surface area contributed by atoms with Crippen molar-refractivity contribution < 1.29 is 33.1 Å². The molecule has 0 atom stereocenters. The molecule has 0 unspecified atom stereocenters. The van der Waals surface area contributed by atoms with Crippen molar-refractivity contribution >= 4 is 17.3 Å². The highest BCUT2D eigenvalue weighted by Crippen LogP contribution is 2.27. The maximum Gasteiger partial charge on any atom is 0.405 e. The van der Waals surface area contributed by atoms with Gasteiger partial charge < -0.3 is 15.1 Å². The predicted octanol–water partition coefficient (Wildman–Crippen LogP) is 1.65. The van der Waals surface area contributed by atoms with Crippen LogP contribution in [0.3, 0.4) is 0 Å². The lowest BCUT2D eigenvalue weighted by atomic mass is 10.1. The van der Waals surface area contributed by atoms with Gasteiger partial charge in [0.1, 0.15) is 12.1 Å². The molecule has 0 heterocycles. The normalized spacial score (nSPS) is 11.2. The molecule has 21 heavy (non-hydrogen) atoms. The van der Waals surface area contributed by atoms with E-state index in [-0.39, 0.29) is 5.69 Å². The SMILES string of the molecule is O=C(O)c1cc(N(CCO)CC(F)(F)F)ccc1[N+](=O)[O-]. The number of nitro benzene ring substituents is 1. The van der Waals surface area contributed by atoms with Crippen LogP contribution in [0.4, 0.5) is 24.5 Å². The van der Waals surface area contributed by atoms with Gasteiger partial charge in [0, 0.05) is 18.3 Å². The summed E-state index contributed by atoms with van der Waals surface area (Å²) in [4.78, 5) is 21.4. The highest BCUT2D eigenvalue weighted by Gasteiger charge is 2.31. The lowest BCUT2D eigenvalue weighted by Gasteiger charge is -2.25. The molecule has 0 aliphatic heterocycles. The lowest BCUT2D eigenvalue weighted by molar-refractivity contribution is -0.385. The minimum absolute atomic E-state index is 0.177. The van der Waals surface area contributed by atoms with E-state index in [9.17, 15) is 28.1 Å². The third kappa shape index (κ3) is 4.60. The Morgan fingerprint density at radius 2 is 2.00 bits per heavy atom. The second kappa shape index (κ2) is 6.39. The molecule has 1 aromatic carbocycles. The molecule has 10 heteroatoms. The van der Waals surface area contributed by atoms with E-state index in [0.717, 1.165) is 18.2 Å². The fraction of sp³-hybridized carbons (Fsp3) is 0.364. The zero-order chi connectivity index (χ0) is 16.2. The molecule has 1 aromatic rings. The smallest absolute Gasteiger partial charge is 0.405 e. The molecule has 0 fully saturated rings. The second-order valence-corrected chi connectivity index (χ2v) is 4.02. The van der Waals surface area contributed by atoms with Crippen LogP contribution in [0.15, 0.2) is 18.2 Å². The van der Waals surface area contributed by atoms with Gasteiger partial charge in [0.05, 0.1) is 11.5 Å². The summed E-state index contributed by atoms with van der Waals surface area (Å²) in [6.45, 7) is -2.39. The number of alkyl halides is 3. The molecule has 0 radical (unpaired) electrons. The standard InChI is InChI=1S/C11H11F3N2O5/c12-11(13,14)6-15(3-4-17)7-1-2-9(16(20)21)8(5-7)10(18)19/h1-2,5,17H,3-4,6H2,(H,18,19). The number of anilines is 1. The number of aromatic carboxylic acids is 1. The fourth-order valence-corrected chi connectivity index (χ4v) is 1.69. The molecule has 0 bridgehead atoms. The van der Waals surface area contributed by atoms with Crippen LogP contribution in [-0.2, 0) is 0 Å². The Balaban J connectivity index is 3.24. The molecular formula is C11H11F3N2O5. The molecule has 0 amide bonds. The first kappa shape index (κ1) is 16.7. The number of carboxylic acids is 1. The van der Waals surface area contributed by atoms with E-state index >= 15 is 0 Å². The number of hydrogen-bond acceptors (Lipinski definition) is 5. The molecular weight excluding hydrogens is 297 g/mol. The van der Waals surface area contributed by atoms with E-state index in [1.54, 1.807) is 0 Å². The van der Waals surface area contributed by atoms with Crippen LogP contribution in [0.25, 0.3) is 0 Å². The molecule has 0 saturated carbocycles. The topological polar surface area (TPSA) is 104 Å². The second-order valence-electron chi connectivity index (χ2n) is 4.02. The van der Waals surface area contributed by atoms with E-state index in [0.29, 0.717) is 4.90 Å². The number of nitrogens with zero attached hydrogens (tertiary/aromatic N) is 2. The number of rotatable bonds is 6. The van der Waals surface area contributed by atoms with Crippen molar-refractivity contribution in [3.63, 3.8) is 0 Å². The van der Waals surface area contributed by atoms with Gasteiger partial charge in [-0.05, 0) is 12.1 Å². The van der Waals surface area contributed by atoms with E-state index in [1.807, 2.05) is 0 Å². The van der Waals surface area contributed by atoms with Crippen LogP contribution in [-0.4, -0.2) is 47.0 Å². The van der Waals surface area contributed by atoms with Crippen molar-refractivity contribution in [2.24, 2.45) is 0 Å². The van der Waals surface area contributed by atoms with Crippen molar-refractivity contribution in [2.45, 2.75) is 6.18 Å².